The SMILES string of the molecule is c1ccc(-c2ccc3nc(-c4ccncc4)c(CN4CCOCC4)n3c2)cc1. The second-order valence-corrected chi connectivity index (χ2v) is 7.04. The summed E-state index contributed by atoms with van der Waals surface area (Å²) in [6, 6.07) is 18.8. The zero-order chi connectivity index (χ0) is 18.8. The maximum absolute atomic E-state index is 5.53. The van der Waals surface area contributed by atoms with Gasteiger partial charge in [-0.1, -0.05) is 30.3 Å². The average Bonchev–Trinajstić information content (AvgIpc) is 3.13. The Morgan fingerprint density at radius 2 is 1.61 bits per heavy atom. The topological polar surface area (TPSA) is 42.7 Å². The summed E-state index contributed by atoms with van der Waals surface area (Å²) in [5.74, 6) is 0. The standard InChI is InChI=1S/C23H22N4O/c1-2-4-18(5-3-1)20-6-7-22-25-23(19-8-10-24-11-9-19)21(27(22)16-20)17-26-12-14-28-15-13-26/h1-11,16H,12-15,17H2. The smallest absolute Gasteiger partial charge is 0.137 e. The van der Waals surface area contributed by atoms with Gasteiger partial charge in [-0.3, -0.25) is 9.88 Å². The molecule has 0 bridgehead atoms. The normalized spacial score (nSPS) is 15.1. The van der Waals surface area contributed by atoms with E-state index in [-0.39, 0.29) is 0 Å². The van der Waals surface area contributed by atoms with E-state index in [2.05, 4.69) is 56.9 Å². The highest BCUT2D eigenvalue weighted by Crippen LogP contribution is 2.28. The minimum atomic E-state index is 0.788. The van der Waals surface area contributed by atoms with Gasteiger partial charge in [-0.15, -0.1) is 0 Å². The van der Waals surface area contributed by atoms with E-state index in [0.29, 0.717) is 0 Å². The lowest BCUT2D eigenvalue weighted by atomic mass is 10.1. The van der Waals surface area contributed by atoms with Crippen LogP contribution in [0.4, 0.5) is 0 Å². The van der Waals surface area contributed by atoms with Crippen molar-refractivity contribution in [2.45, 2.75) is 6.54 Å². The van der Waals surface area contributed by atoms with Gasteiger partial charge in [-0.25, -0.2) is 4.98 Å². The average molecular weight is 370 g/mol. The van der Waals surface area contributed by atoms with Gasteiger partial charge in [-0.05, 0) is 35.4 Å². The van der Waals surface area contributed by atoms with Crippen molar-refractivity contribution in [1.82, 2.24) is 19.3 Å². The van der Waals surface area contributed by atoms with Gasteiger partial charge in [0.15, 0.2) is 0 Å². The zero-order valence-corrected chi connectivity index (χ0v) is 15.7. The van der Waals surface area contributed by atoms with Crippen molar-refractivity contribution in [2.24, 2.45) is 0 Å². The van der Waals surface area contributed by atoms with Crippen molar-refractivity contribution in [3.63, 3.8) is 0 Å². The number of rotatable bonds is 4. The van der Waals surface area contributed by atoms with Crippen LogP contribution in [0.2, 0.25) is 0 Å². The predicted octanol–water partition coefficient (Wildman–Crippen LogP) is 3.90. The molecule has 4 heterocycles. The molecule has 3 aromatic heterocycles. The first-order chi connectivity index (χ1) is 13.9. The fraction of sp³-hybridized carbons (Fsp3) is 0.217. The lowest BCUT2D eigenvalue weighted by Crippen LogP contribution is -2.36. The first kappa shape index (κ1) is 17.1. The highest BCUT2D eigenvalue weighted by molar-refractivity contribution is 5.70. The number of benzene rings is 1. The molecule has 0 atom stereocenters. The Hall–Kier alpha value is -3.02. The van der Waals surface area contributed by atoms with Crippen LogP contribution < -0.4 is 0 Å². The third kappa shape index (κ3) is 3.30. The monoisotopic (exact) mass is 370 g/mol. The van der Waals surface area contributed by atoms with Crippen LogP contribution in [0.1, 0.15) is 5.69 Å². The zero-order valence-electron chi connectivity index (χ0n) is 15.7. The molecule has 5 heteroatoms. The van der Waals surface area contributed by atoms with E-state index < -0.39 is 0 Å². The third-order valence-corrected chi connectivity index (χ3v) is 5.26. The number of morpholine rings is 1. The number of hydrogen-bond donors (Lipinski definition) is 0. The highest BCUT2D eigenvalue weighted by atomic mass is 16.5. The molecule has 1 aliphatic heterocycles. The van der Waals surface area contributed by atoms with Crippen molar-refractivity contribution in [2.75, 3.05) is 26.3 Å². The van der Waals surface area contributed by atoms with E-state index in [4.69, 9.17) is 9.72 Å². The molecule has 1 aromatic carbocycles. The summed E-state index contributed by atoms with van der Waals surface area (Å²) in [6.07, 6.45) is 5.86. The summed E-state index contributed by atoms with van der Waals surface area (Å²) in [5, 5.41) is 0. The van der Waals surface area contributed by atoms with E-state index in [0.717, 1.165) is 49.8 Å². The van der Waals surface area contributed by atoms with Crippen LogP contribution in [-0.2, 0) is 11.3 Å². The molecule has 0 radical (unpaired) electrons. The number of nitrogens with zero attached hydrogens (tertiary/aromatic N) is 4. The van der Waals surface area contributed by atoms with Gasteiger partial charge in [0.2, 0.25) is 0 Å². The van der Waals surface area contributed by atoms with E-state index in [1.165, 1.54) is 16.8 Å². The predicted molar refractivity (Wildman–Crippen MR) is 110 cm³/mol. The summed E-state index contributed by atoms with van der Waals surface area (Å²) in [5.41, 5.74) is 6.70. The molecular formula is C23H22N4O. The molecule has 1 fully saturated rings. The van der Waals surface area contributed by atoms with Gasteiger partial charge in [0, 0.05) is 43.8 Å². The fourth-order valence-electron chi connectivity index (χ4n) is 3.76. The lowest BCUT2D eigenvalue weighted by molar-refractivity contribution is 0.0336. The number of aromatic nitrogens is 3. The van der Waals surface area contributed by atoms with E-state index in [1.54, 1.807) is 0 Å². The Bertz CT molecular complexity index is 1070. The summed E-state index contributed by atoms with van der Waals surface area (Å²) in [7, 11) is 0. The van der Waals surface area contributed by atoms with Crippen LogP contribution in [0.15, 0.2) is 73.2 Å². The molecule has 4 aromatic rings. The highest BCUT2D eigenvalue weighted by Gasteiger charge is 2.19. The van der Waals surface area contributed by atoms with Crippen molar-refractivity contribution in [3.8, 4) is 22.4 Å². The van der Waals surface area contributed by atoms with E-state index >= 15 is 0 Å². The molecule has 0 saturated carbocycles. The second kappa shape index (κ2) is 7.54. The summed E-state index contributed by atoms with van der Waals surface area (Å²) in [4.78, 5) is 11.6. The number of ether oxygens (including phenoxy) is 1. The van der Waals surface area contributed by atoms with E-state index in [9.17, 15) is 0 Å². The van der Waals surface area contributed by atoms with Crippen molar-refractivity contribution >= 4 is 5.65 Å². The summed E-state index contributed by atoms with van der Waals surface area (Å²) >= 11 is 0. The van der Waals surface area contributed by atoms with Gasteiger partial charge in [-0.2, -0.15) is 0 Å². The molecule has 1 aliphatic rings. The molecule has 0 amide bonds. The molecule has 140 valence electrons. The summed E-state index contributed by atoms with van der Waals surface area (Å²) in [6.45, 7) is 4.32. The van der Waals surface area contributed by atoms with E-state index in [1.807, 2.05) is 30.6 Å². The minimum Gasteiger partial charge on any atom is -0.379 e. The maximum atomic E-state index is 5.53. The molecule has 0 unspecified atom stereocenters. The van der Waals surface area contributed by atoms with Crippen LogP contribution in [0.3, 0.4) is 0 Å². The Kier molecular flexibility index (Phi) is 4.61. The van der Waals surface area contributed by atoms with Gasteiger partial charge in [0.1, 0.15) is 5.65 Å². The van der Waals surface area contributed by atoms with Crippen molar-refractivity contribution < 1.29 is 4.74 Å². The Balaban J connectivity index is 1.64. The lowest BCUT2D eigenvalue weighted by Gasteiger charge is -2.26. The first-order valence-corrected chi connectivity index (χ1v) is 9.65. The maximum Gasteiger partial charge on any atom is 0.137 e. The van der Waals surface area contributed by atoms with Crippen LogP contribution in [0.5, 0.6) is 0 Å². The third-order valence-electron chi connectivity index (χ3n) is 5.26. The van der Waals surface area contributed by atoms with Crippen LogP contribution in [-0.4, -0.2) is 45.6 Å². The van der Waals surface area contributed by atoms with Crippen molar-refractivity contribution in [3.05, 3.63) is 78.9 Å². The Morgan fingerprint density at radius 3 is 2.39 bits per heavy atom. The number of fused-ring (bicyclic) bond motifs is 1. The quantitative estimate of drug-likeness (QED) is 0.546. The van der Waals surface area contributed by atoms with Gasteiger partial charge in [0.25, 0.3) is 0 Å². The number of imidazole rings is 1. The number of pyridine rings is 2. The molecule has 0 aliphatic carbocycles. The van der Waals surface area contributed by atoms with Crippen molar-refractivity contribution in [1.29, 1.82) is 0 Å². The van der Waals surface area contributed by atoms with Crippen LogP contribution in [0.25, 0.3) is 28.0 Å². The summed E-state index contributed by atoms with van der Waals surface area (Å²) < 4.78 is 7.77. The molecule has 1 saturated heterocycles. The second-order valence-electron chi connectivity index (χ2n) is 7.04. The van der Waals surface area contributed by atoms with Gasteiger partial charge in [0.05, 0.1) is 24.6 Å². The van der Waals surface area contributed by atoms with Crippen LogP contribution >= 0.6 is 0 Å². The first-order valence-electron chi connectivity index (χ1n) is 9.65. The fourth-order valence-corrected chi connectivity index (χ4v) is 3.76. The van der Waals surface area contributed by atoms with Gasteiger partial charge >= 0.3 is 0 Å². The Morgan fingerprint density at radius 1 is 0.821 bits per heavy atom. The molecule has 0 N–H and O–H groups in total. The molecule has 5 rings (SSSR count). The number of hydrogen-bond acceptors (Lipinski definition) is 4. The Labute approximate surface area is 164 Å². The molecule has 28 heavy (non-hydrogen) atoms. The molecule has 5 nitrogen and oxygen atoms in total. The minimum absolute atomic E-state index is 0.788. The molecular weight excluding hydrogens is 348 g/mol. The molecule has 0 spiro atoms. The van der Waals surface area contributed by atoms with Gasteiger partial charge < -0.3 is 9.14 Å². The van der Waals surface area contributed by atoms with Crippen LogP contribution in [0, 0.1) is 0 Å². The largest absolute Gasteiger partial charge is 0.379 e.